The number of hydrogen-bond acceptors (Lipinski definition) is 3. The number of hydrogen-bond donors (Lipinski definition) is 3. The molecule has 0 fully saturated rings. The minimum Gasteiger partial charge on any atom is -0.338 e. The number of amides is 3. The van der Waals surface area contributed by atoms with Crippen molar-refractivity contribution in [2.24, 2.45) is 5.73 Å². The topological polar surface area (TPSA) is 87.5 Å². The molecule has 1 aliphatic heterocycles. The van der Waals surface area contributed by atoms with Gasteiger partial charge >= 0.3 is 6.03 Å². The molecule has 2 aromatic carbocycles. The van der Waals surface area contributed by atoms with E-state index in [1.807, 2.05) is 60.4 Å². The highest BCUT2D eigenvalue weighted by Crippen LogP contribution is 2.27. The molecule has 27 heavy (non-hydrogen) atoms. The van der Waals surface area contributed by atoms with Crippen molar-refractivity contribution >= 4 is 35.7 Å². The van der Waals surface area contributed by atoms with Gasteiger partial charge in [-0.2, -0.15) is 0 Å². The van der Waals surface area contributed by atoms with Crippen LogP contribution in [0.2, 0.25) is 0 Å². The zero-order valence-electron chi connectivity index (χ0n) is 15.3. The van der Waals surface area contributed by atoms with Gasteiger partial charge in [0.1, 0.15) is 0 Å². The second kappa shape index (κ2) is 9.39. The molecule has 0 aromatic heterocycles. The summed E-state index contributed by atoms with van der Waals surface area (Å²) in [6.07, 6.45) is 1.06. The molecular weight excluding hydrogens is 364 g/mol. The Morgan fingerprint density at radius 2 is 1.85 bits per heavy atom. The first-order valence-corrected chi connectivity index (χ1v) is 8.80. The fraction of sp³-hybridized carbons (Fsp3) is 0.300. The Balaban J connectivity index is 0.00000261. The van der Waals surface area contributed by atoms with Gasteiger partial charge in [0.2, 0.25) is 5.91 Å². The van der Waals surface area contributed by atoms with Gasteiger partial charge in [-0.1, -0.05) is 30.3 Å². The van der Waals surface area contributed by atoms with Crippen LogP contribution in [-0.2, 0) is 17.8 Å². The average molecular weight is 389 g/mol. The number of nitrogens with zero attached hydrogens (tertiary/aromatic N) is 1. The minimum atomic E-state index is -0.278. The van der Waals surface area contributed by atoms with E-state index in [1.54, 1.807) is 0 Å². The van der Waals surface area contributed by atoms with Crippen molar-refractivity contribution in [3.05, 3.63) is 59.7 Å². The number of fused-ring (bicyclic) bond motifs is 1. The third kappa shape index (κ3) is 5.45. The van der Waals surface area contributed by atoms with E-state index in [1.165, 1.54) is 0 Å². The number of urea groups is 1. The Morgan fingerprint density at radius 3 is 2.56 bits per heavy atom. The van der Waals surface area contributed by atoms with E-state index in [9.17, 15) is 9.59 Å². The fourth-order valence-corrected chi connectivity index (χ4v) is 3.15. The summed E-state index contributed by atoms with van der Waals surface area (Å²) >= 11 is 0. The number of anilines is 2. The maximum absolute atomic E-state index is 12.3. The second-order valence-electron chi connectivity index (χ2n) is 6.64. The SMILES string of the molecule is CC(N)CC(=O)N1CCc2c(cccc2NC(=O)Nc2ccccc2)C1.Cl. The van der Waals surface area contributed by atoms with Crippen LogP contribution >= 0.6 is 12.4 Å². The summed E-state index contributed by atoms with van der Waals surface area (Å²) in [4.78, 5) is 26.3. The van der Waals surface area contributed by atoms with Gasteiger partial charge in [-0.3, -0.25) is 4.79 Å². The summed E-state index contributed by atoms with van der Waals surface area (Å²) in [5.74, 6) is 0.0748. The highest BCUT2D eigenvalue weighted by atomic mass is 35.5. The first-order chi connectivity index (χ1) is 12.5. The molecule has 4 N–H and O–H groups in total. The molecule has 1 unspecified atom stereocenters. The van der Waals surface area contributed by atoms with Gasteiger partial charge in [0, 0.05) is 36.9 Å². The Bertz CT molecular complexity index is 796. The average Bonchev–Trinajstić information content (AvgIpc) is 2.61. The summed E-state index contributed by atoms with van der Waals surface area (Å²) in [6.45, 7) is 3.03. The number of benzene rings is 2. The van der Waals surface area contributed by atoms with E-state index in [-0.39, 0.29) is 30.4 Å². The van der Waals surface area contributed by atoms with Crippen molar-refractivity contribution in [1.82, 2.24) is 4.90 Å². The molecular formula is C20H25ClN4O2. The molecule has 6 nitrogen and oxygen atoms in total. The van der Waals surface area contributed by atoms with E-state index < -0.39 is 0 Å². The summed E-state index contributed by atoms with van der Waals surface area (Å²) in [5.41, 5.74) is 9.41. The van der Waals surface area contributed by atoms with Crippen LogP contribution in [-0.4, -0.2) is 29.4 Å². The minimum absolute atomic E-state index is 0. The van der Waals surface area contributed by atoms with Crippen molar-refractivity contribution < 1.29 is 9.59 Å². The third-order valence-electron chi connectivity index (χ3n) is 4.40. The molecule has 3 rings (SSSR count). The van der Waals surface area contributed by atoms with Gasteiger partial charge in [0.15, 0.2) is 0 Å². The van der Waals surface area contributed by atoms with Crippen LogP contribution < -0.4 is 16.4 Å². The van der Waals surface area contributed by atoms with Gasteiger partial charge in [0.25, 0.3) is 0 Å². The van der Waals surface area contributed by atoms with Gasteiger partial charge in [0.05, 0.1) is 0 Å². The molecule has 0 radical (unpaired) electrons. The van der Waals surface area contributed by atoms with E-state index in [4.69, 9.17) is 5.73 Å². The van der Waals surface area contributed by atoms with Crippen molar-refractivity contribution in [3.63, 3.8) is 0 Å². The number of carbonyl (C=O) groups excluding carboxylic acids is 2. The molecule has 0 saturated carbocycles. The Kier molecular flexibility index (Phi) is 7.21. The van der Waals surface area contributed by atoms with Crippen LogP contribution in [0.1, 0.15) is 24.5 Å². The molecule has 0 bridgehead atoms. The summed E-state index contributed by atoms with van der Waals surface area (Å²) in [6, 6.07) is 14.7. The summed E-state index contributed by atoms with van der Waals surface area (Å²) < 4.78 is 0. The molecule has 2 aromatic rings. The molecule has 0 spiro atoms. The number of nitrogens with two attached hydrogens (primary N) is 1. The number of carbonyl (C=O) groups is 2. The van der Waals surface area contributed by atoms with E-state index >= 15 is 0 Å². The van der Waals surface area contributed by atoms with E-state index in [0.717, 1.165) is 22.5 Å². The van der Waals surface area contributed by atoms with Gasteiger partial charge in [-0.15, -0.1) is 12.4 Å². The van der Waals surface area contributed by atoms with Gasteiger partial charge in [-0.25, -0.2) is 4.79 Å². The summed E-state index contributed by atoms with van der Waals surface area (Å²) in [5, 5.41) is 5.74. The molecule has 0 aliphatic carbocycles. The lowest BCUT2D eigenvalue weighted by Crippen LogP contribution is -2.38. The van der Waals surface area contributed by atoms with Crippen LogP contribution in [0.5, 0.6) is 0 Å². The predicted molar refractivity (Wildman–Crippen MR) is 110 cm³/mol. The molecule has 144 valence electrons. The number of nitrogens with one attached hydrogen (secondary N) is 2. The third-order valence-corrected chi connectivity index (χ3v) is 4.40. The van der Waals surface area contributed by atoms with Gasteiger partial charge in [-0.05, 0) is 42.7 Å². The van der Waals surface area contributed by atoms with Crippen LogP contribution in [0.25, 0.3) is 0 Å². The van der Waals surface area contributed by atoms with Crippen LogP contribution in [0.15, 0.2) is 48.5 Å². The lowest BCUT2D eigenvalue weighted by atomic mass is 9.97. The molecule has 1 aliphatic rings. The van der Waals surface area contributed by atoms with Crippen LogP contribution in [0.3, 0.4) is 0 Å². The van der Waals surface area contributed by atoms with Crippen molar-refractivity contribution in [3.8, 4) is 0 Å². The van der Waals surface area contributed by atoms with Crippen molar-refractivity contribution in [2.45, 2.75) is 32.4 Å². The Hall–Kier alpha value is -2.57. The molecule has 3 amide bonds. The van der Waals surface area contributed by atoms with Crippen molar-refractivity contribution in [1.29, 1.82) is 0 Å². The maximum atomic E-state index is 12.3. The molecule has 1 heterocycles. The van der Waals surface area contributed by atoms with Gasteiger partial charge < -0.3 is 21.3 Å². The molecule has 0 saturated heterocycles. The standard InChI is InChI=1S/C20H24N4O2.ClH/c1-14(21)12-19(25)24-11-10-17-15(13-24)6-5-9-18(17)23-20(26)22-16-7-3-2-4-8-16;/h2-9,14H,10-13,21H2,1H3,(H2,22,23,26);1H. The zero-order valence-corrected chi connectivity index (χ0v) is 16.1. The highest BCUT2D eigenvalue weighted by molar-refractivity contribution is 6.00. The monoisotopic (exact) mass is 388 g/mol. The van der Waals surface area contributed by atoms with Crippen LogP contribution in [0.4, 0.5) is 16.2 Å². The maximum Gasteiger partial charge on any atom is 0.323 e. The lowest BCUT2D eigenvalue weighted by Gasteiger charge is -2.30. The van der Waals surface area contributed by atoms with Crippen molar-refractivity contribution in [2.75, 3.05) is 17.2 Å². The molecule has 1 atom stereocenters. The number of rotatable bonds is 4. The highest BCUT2D eigenvalue weighted by Gasteiger charge is 2.23. The molecule has 7 heteroatoms. The van der Waals surface area contributed by atoms with E-state index in [0.29, 0.717) is 25.9 Å². The first kappa shape index (κ1) is 20.7. The Labute approximate surface area is 165 Å². The largest absolute Gasteiger partial charge is 0.338 e. The van der Waals surface area contributed by atoms with Crippen LogP contribution in [0, 0.1) is 0 Å². The first-order valence-electron chi connectivity index (χ1n) is 8.80. The summed E-state index contributed by atoms with van der Waals surface area (Å²) in [7, 11) is 0. The Morgan fingerprint density at radius 1 is 1.11 bits per heavy atom. The second-order valence-corrected chi connectivity index (χ2v) is 6.64. The normalized spacial score (nSPS) is 13.8. The fourth-order valence-electron chi connectivity index (χ4n) is 3.15. The smallest absolute Gasteiger partial charge is 0.323 e. The number of para-hydroxylation sites is 1. The zero-order chi connectivity index (χ0) is 18.5. The quantitative estimate of drug-likeness (QED) is 0.750. The van der Waals surface area contributed by atoms with E-state index in [2.05, 4.69) is 10.6 Å². The predicted octanol–water partition coefficient (Wildman–Crippen LogP) is 3.37. The lowest BCUT2D eigenvalue weighted by molar-refractivity contribution is -0.132. The number of halogens is 1.